The Morgan fingerprint density at radius 3 is 2.57 bits per heavy atom. The number of phenolic OH excluding ortho intramolecular Hbond substituents is 1. The molecule has 0 saturated carbocycles. The number of aryl methyl sites for hydroxylation is 1. The molecule has 174 valence electrons. The summed E-state index contributed by atoms with van der Waals surface area (Å²) in [5.41, 5.74) is 3.69. The Balaban J connectivity index is 1.32. The van der Waals surface area contributed by atoms with Crippen molar-refractivity contribution in [2.24, 2.45) is 0 Å². The van der Waals surface area contributed by atoms with E-state index in [-0.39, 0.29) is 22.5 Å². The average Bonchev–Trinajstić information content (AvgIpc) is 3.49. The van der Waals surface area contributed by atoms with Crippen LogP contribution in [0.4, 0.5) is 5.69 Å². The van der Waals surface area contributed by atoms with Gasteiger partial charge in [-0.05, 0) is 73.2 Å². The number of nitrogens with one attached hydrogen (secondary N) is 2. The predicted molar refractivity (Wildman–Crippen MR) is 141 cm³/mol. The zero-order valence-corrected chi connectivity index (χ0v) is 20.7. The van der Waals surface area contributed by atoms with Crippen LogP contribution >= 0.6 is 28.1 Å². The van der Waals surface area contributed by atoms with E-state index in [0.717, 1.165) is 10.0 Å². The highest BCUT2D eigenvalue weighted by atomic mass is 79.9. The van der Waals surface area contributed by atoms with Crippen molar-refractivity contribution in [2.75, 3.05) is 5.32 Å². The lowest BCUT2D eigenvalue weighted by Crippen LogP contribution is -2.33. The monoisotopic (exact) mass is 547 g/mol. The summed E-state index contributed by atoms with van der Waals surface area (Å²) in [4.78, 5) is 17.1. The van der Waals surface area contributed by atoms with E-state index in [9.17, 15) is 9.90 Å². The number of para-hydroxylation sites is 2. The highest BCUT2D eigenvalue weighted by Gasteiger charge is 2.17. The maximum atomic E-state index is 12.6. The van der Waals surface area contributed by atoms with Gasteiger partial charge in [0.2, 0.25) is 5.89 Å². The van der Waals surface area contributed by atoms with Crippen LogP contribution in [0.5, 0.6) is 5.75 Å². The molecule has 3 aromatic carbocycles. The van der Waals surface area contributed by atoms with Crippen molar-refractivity contribution in [3.8, 4) is 28.5 Å². The summed E-state index contributed by atoms with van der Waals surface area (Å²) >= 11 is 8.72. The molecule has 9 heteroatoms. The lowest BCUT2D eigenvalue weighted by molar-refractivity contribution is 0.0951. The van der Waals surface area contributed by atoms with E-state index in [1.165, 1.54) is 0 Å². The SMILES string of the molecule is Cc1cc(NC(=S)NC(=O)c2ccc(-c3ccc(Br)cc3)o2)cc(-c2nc3ccccc3o2)c1O. The predicted octanol–water partition coefficient (Wildman–Crippen LogP) is 6.66. The van der Waals surface area contributed by atoms with Crippen molar-refractivity contribution in [3.63, 3.8) is 0 Å². The number of amides is 1. The van der Waals surface area contributed by atoms with Crippen molar-refractivity contribution in [2.45, 2.75) is 6.92 Å². The Labute approximate surface area is 213 Å². The molecular weight excluding hydrogens is 530 g/mol. The number of oxazole rings is 1. The van der Waals surface area contributed by atoms with Gasteiger partial charge in [-0.15, -0.1) is 0 Å². The number of nitrogens with zero attached hydrogens (tertiary/aromatic N) is 1. The van der Waals surface area contributed by atoms with Gasteiger partial charge in [-0.25, -0.2) is 4.98 Å². The van der Waals surface area contributed by atoms with Crippen molar-refractivity contribution >= 4 is 56.0 Å². The van der Waals surface area contributed by atoms with E-state index in [0.29, 0.717) is 33.7 Å². The fourth-order valence-electron chi connectivity index (χ4n) is 3.56. The molecule has 0 spiro atoms. The van der Waals surface area contributed by atoms with Crippen molar-refractivity contribution in [3.05, 3.63) is 88.6 Å². The second-order valence-electron chi connectivity index (χ2n) is 7.76. The third kappa shape index (κ3) is 4.82. The number of aromatic hydroxyl groups is 1. The Morgan fingerprint density at radius 1 is 1.03 bits per heavy atom. The lowest BCUT2D eigenvalue weighted by atomic mass is 10.1. The van der Waals surface area contributed by atoms with Crippen LogP contribution in [0.1, 0.15) is 16.1 Å². The maximum Gasteiger partial charge on any atom is 0.293 e. The molecule has 35 heavy (non-hydrogen) atoms. The molecule has 0 aliphatic rings. The second kappa shape index (κ2) is 9.36. The Morgan fingerprint density at radius 2 is 1.80 bits per heavy atom. The molecule has 0 radical (unpaired) electrons. The molecule has 0 bridgehead atoms. The average molecular weight is 548 g/mol. The van der Waals surface area contributed by atoms with Gasteiger partial charge in [-0.1, -0.05) is 40.2 Å². The molecule has 2 heterocycles. The van der Waals surface area contributed by atoms with Gasteiger partial charge in [-0.3, -0.25) is 10.1 Å². The van der Waals surface area contributed by atoms with E-state index in [1.807, 2.05) is 42.5 Å². The normalized spacial score (nSPS) is 10.9. The van der Waals surface area contributed by atoms with Gasteiger partial charge in [0.25, 0.3) is 5.91 Å². The van der Waals surface area contributed by atoms with Gasteiger partial charge in [0, 0.05) is 15.7 Å². The molecule has 3 N–H and O–H groups in total. The first-order valence-corrected chi connectivity index (χ1v) is 11.7. The molecule has 0 unspecified atom stereocenters. The number of carbonyl (C=O) groups is 1. The zero-order valence-electron chi connectivity index (χ0n) is 18.3. The summed E-state index contributed by atoms with van der Waals surface area (Å²) in [5.74, 6) is 0.537. The van der Waals surface area contributed by atoms with Crippen LogP contribution in [-0.4, -0.2) is 21.1 Å². The highest BCUT2D eigenvalue weighted by Crippen LogP contribution is 2.36. The molecule has 0 aliphatic carbocycles. The van der Waals surface area contributed by atoms with Crippen molar-refractivity contribution in [1.82, 2.24) is 10.3 Å². The molecule has 0 fully saturated rings. The fourth-order valence-corrected chi connectivity index (χ4v) is 4.03. The summed E-state index contributed by atoms with van der Waals surface area (Å²) in [6, 6.07) is 21.6. The number of hydrogen-bond donors (Lipinski definition) is 3. The van der Waals surface area contributed by atoms with Crippen LogP contribution in [0.2, 0.25) is 0 Å². The largest absolute Gasteiger partial charge is 0.507 e. The molecule has 5 aromatic rings. The number of phenols is 1. The van der Waals surface area contributed by atoms with Crippen LogP contribution in [0.25, 0.3) is 33.9 Å². The minimum absolute atomic E-state index is 0.0492. The van der Waals surface area contributed by atoms with E-state index in [4.69, 9.17) is 21.1 Å². The van der Waals surface area contributed by atoms with Crippen LogP contribution in [0, 0.1) is 6.92 Å². The van der Waals surface area contributed by atoms with Crippen LogP contribution in [0.15, 0.2) is 86.1 Å². The first kappa shape index (κ1) is 22.8. The first-order valence-electron chi connectivity index (χ1n) is 10.5. The summed E-state index contributed by atoms with van der Waals surface area (Å²) in [6.07, 6.45) is 0. The summed E-state index contributed by atoms with van der Waals surface area (Å²) < 4.78 is 12.4. The van der Waals surface area contributed by atoms with Crippen LogP contribution in [-0.2, 0) is 0 Å². The molecule has 0 atom stereocenters. The number of thiocarbonyl (C=S) groups is 1. The Kier molecular flexibility index (Phi) is 6.10. The number of aromatic nitrogens is 1. The second-order valence-corrected chi connectivity index (χ2v) is 9.08. The minimum Gasteiger partial charge on any atom is -0.507 e. The van der Waals surface area contributed by atoms with Crippen LogP contribution < -0.4 is 10.6 Å². The molecular formula is C26H18BrN3O4S. The molecule has 0 saturated heterocycles. The van der Waals surface area contributed by atoms with Gasteiger partial charge in [0.05, 0.1) is 5.56 Å². The summed E-state index contributed by atoms with van der Waals surface area (Å²) in [5, 5.41) is 16.3. The van der Waals surface area contributed by atoms with E-state index in [1.54, 1.807) is 37.3 Å². The van der Waals surface area contributed by atoms with Crippen LogP contribution in [0.3, 0.4) is 0 Å². The number of halogens is 1. The first-order chi connectivity index (χ1) is 16.9. The molecule has 2 aromatic heterocycles. The zero-order chi connectivity index (χ0) is 24.5. The van der Waals surface area contributed by atoms with Gasteiger partial charge >= 0.3 is 0 Å². The van der Waals surface area contributed by atoms with Crippen molar-refractivity contribution < 1.29 is 18.7 Å². The standard InChI is InChI=1S/C26H18BrN3O4S/c1-14-12-17(13-18(23(14)31)25-29-19-4-2-3-5-21(19)34-25)28-26(35)30-24(32)22-11-10-20(33-22)15-6-8-16(27)9-7-15/h2-13,31H,1H3,(H2,28,30,32,35). The van der Waals surface area contributed by atoms with Crippen molar-refractivity contribution in [1.29, 1.82) is 0 Å². The van der Waals surface area contributed by atoms with E-state index < -0.39 is 5.91 Å². The minimum atomic E-state index is -0.486. The number of rotatable bonds is 4. The van der Waals surface area contributed by atoms with Gasteiger partial charge in [0.15, 0.2) is 16.5 Å². The third-order valence-electron chi connectivity index (χ3n) is 5.27. The molecule has 1 amide bonds. The number of benzene rings is 3. The number of hydrogen-bond acceptors (Lipinski definition) is 6. The number of carbonyl (C=O) groups excluding carboxylic acids is 1. The van der Waals surface area contributed by atoms with Gasteiger partial charge in [-0.2, -0.15) is 0 Å². The highest BCUT2D eigenvalue weighted by molar-refractivity contribution is 9.10. The fraction of sp³-hybridized carbons (Fsp3) is 0.0385. The molecule has 0 aliphatic heterocycles. The lowest BCUT2D eigenvalue weighted by Gasteiger charge is -2.12. The third-order valence-corrected chi connectivity index (χ3v) is 6.00. The van der Waals surface area contributed by atoms with Gasteiger partial charge in [0.1, 0.15) is 17.0 Å². The number of furan rings is 1. The number of anilines is 1. The van der Waals surface area contributed by atoms with E-state index in [2.05, 4.69) is 31.5 Å². The molecule has 7 nitrogen and oxygen atoms in total. The van der Waals surface area contributed by atoms with Gasteiger partial charge < -0.3 is 19.3 Å². The Hall–Kier alpha value is -3.95. The van der Waals surface area contributed by atoms with E-state index >= 15 is 0 Å². The maximum absolute atomic E-state index is 12.6. The smallest absolute Gasteiger partial charge is 0.293 e. The number of fused-ring (bicyclic) bond motifs is 1. The summed E-state index contributed by atoms with van der Waals surface area (Å²) in [7, 11) is 0. The topological polar surface area (TPSA) is 101 Å². The Bertz CT molecular complexity index is 1540. The summed E-state index contributed by atoms with van der Waals surface area (Å²) in [6.45, 7) is 1.75. The quantitative estimate of drug-likeness (QED) is 0.171. The molecule has 5 rings (SSSR count).